The number of hydrogen-bond acceptors (Lipinski definition) is 5. The molecule has 1 aromatic rings. The first-order chi connectivity index (χ1) is 16.7. The third kappa shape index (κ3) is 1.85. The number of phenolic OH excluding ortho intramolecular Hbond substituents is 1. The van der Waals surface area contributed by atoms with Gasteiger partial charge >= 0.3 is 0 Å². The minimum Gasteiger partial charge on any atom is -0.504 e. The van der Waals surface area contributed by atoms with E-state index in [1.54, 1.807) is 6.07 Å². The molecule has 5 nitrogen and oxygen atoms in total. The van der Waals surface area contributed by atoms with Crippen molar-refractivity contribution in [2.45, 2.75) is 87.5 Å². The Hall–Kier alpha value is -1.30. The van der Waals surface area contributed by atoms with Gasteiger partial charge in [0.2, 0.25) is 0 Å². The van der Waals surface area contributed by atoms with Gasteiger partial charge < -0.3 is 24.6 Å². The van der Waals surface area contributed by atoms with Crippen LogP contribution in [0, 0.1) is 11.3 Å². The summed E-state index contributed by atoms with van der Waals surface area (Å²) < 4.78 is 62.2. The van der Waals surface area contributed by atoms with Crippen molar-refractivity contribution in [1.82, 2.24) is 4.90 Å². The van der Waals surface area contributed by atoms with E-state index in [2.05, 4.69) is 11.9 Å². The minimum absolute atomic E-state index is 0.0000308. The van der Waals surface area contributed by atoms with Crippen LogP contribution in [0.1, 0.15) is 71.7 Å². The first-order valence-electron chi connectivity index (χ1n) is 14.3. The molecule has 1 unspecified atom stereocenters. The summed E-state index contributed by atoms with van der Waals surface area (Å²) >= 11 is 0. The number of likely N-dealkylation sites (N-methyl/N-ethyl adjacent to an activating group) is 1. The summed E-state index contributed by atoms with van der Waals surface area (Å²) in [5.41, 5.74) is -2.72. The van der Waals surface area contributed by atoms with Crippen LogP contribution in [0.15, 0.2) is 12.1 Å². The van der Waals surface area contributed by atoms with E-state index in [1.165, 1.54) is 0 Å². The zero-order chi connectivity index (χ0) is 26.1. The lowest BCUT2D eigenvalue weighted by molar-refractivity contribution is -0.301. The van der Waals surface area contributed by atoms with Crippen molar-refractivity contribution >= 4 is 0 Å². The highest BCUT2D eigenvalue weighted by atomic mass is 16.6. The van der Waals surface area contributed by atoms with Crippen molar-refractivity contribution in [2.24, 2.45) is 11.3 Å². The first kappa shape index (κ1) is 14.0. The molecule has 164 valence electrons. The van der Waals surface area contributed by atoms with E-state index in [4.69, 9.17) is 17.7 Å². The maximum atomic E-state index is 12.1. The minimum atomic E-state index is -2.82. The fourth-order valence-electron chi connectivity index (χ4n) is 8.62. The van der Waals surface area contributed by atoms with Gasteiger partial charge in [-0.1, -0.05) is 19.4 Å². The maximum Gasteiger partial charge on any atom is 0.165 e. The summed E-state index contributed by atoms with van der Waals surface area (Å²) in [4.78, 5) is 2.34. The van der Waals surface area contributed by atoms with E-state index >= 15 is 0 Å². The lowest BCUT2D eigenvalue weighted by atomic mass is 9.33. The highest BCUT2D eigenvalue weighted by Crippen LogP contribution is 2.77. The van der Waals surface area contributed by atoms with Crippen LogP contribution in [0.5, 0.6) is 11.5 Å². The molecule has 4 aliphatic carbocycles. The number of aliphatic hydroxyl groups is 1. The fraction of sp³-hybridized carbons (Fsp3) is 0.760. The monoisotopic (exact) mass is 419 g/mol. The van der Waals surface area contributed by atoms with E-state index in [1.807, 2.05) is 13.0 Å². The maximum absolute atomic E-state index is 12.1. The molecule has 0 radical (unpaired) electrons. The van der Waals surface area contributed by atoms with Crippen molar-refractivity contribution in [2.75, 3.05) is 20.6 Å². The van der Waals surface area contributed by atoms with E-state index in [0.717, 1.165) is 24.1 Å². The Kier molecular flexibility index (Phi) is 2.67. The Morgan fingerprint density at radius 3 is 3.00 bits per heavy atom. The number of ether oxygens (including phenoxy) is 2. The number of nitrogens with zero attached hydrogens (tertiary/aromatic N) is 1. The second-order valence-corrected chi connectivity index (χ2v) is 10.5. The molecular formula is C25H35NO4. The van der Waals surface area contributed by atoms with E-state index in [9.17, 15) is 10.2 Å². The van der Waals surface area contributed by atoms with Gasteiger partial charge in [0.1, 0.15) is 11.7 Å². The summed E-state index contributed by atoms with van der Waals surface area (Å²) in [6, 6.07) is 3.65. The number of hydrogen-bond donors (Lipinski definition) is 2. The zero-order valence-electron chi connectivity index (χ0n) is 23.7. The van der Waals surface area contributed by atoms with Gasteiger partial charge in [-0.15, -0.1) is 0 Å². The quantitative estimate of drug-likeness (QED) is 0.783. The number of fused-ring (bicyclic) bond motifs is 2. The van der Waals surface area contributed by atoms with E-state index < -0.39 is 47.9 Å². The Bertz CT molecular complexity index is 1110. The molecule has 7 atom stereocenters. The molecule has 7 rings (SSSR count). The second-order valence-electron chi connectivity index (χ2n) is 10.5. The highest BCUT2D eigenvalue weighted by Gasteiger charge is 2.81. The van der Waals surface area contributed by atoms with Gasteiger partial charge in [-0.05, 0) is 70.6 Å². The smallest absolute Gasteiger partial charge is 0.165 e. The fourth-order valence-corrected chi connectivity index (χ4v) is 8.62. The average Bonchev–Trinajstić information content (AvgIpc) is 3.14. The van der Waals surface area contributed by atoms with Crippen molar-refractivity contribution in [3.63, 3.8) is 0 Å². The van der Waals surface area contributed by atoms with Crippen LogP contribution < -0.4 is 4.74 Å². The Morgan fingerprint density at radius 2 is 2.23 bits per heavy atom. The molecule has 0 amide bonds. The number of methoxy groups -OCH3 is 1. The summed E-state index contributed by atoms with van der Waals surface area (Å²) in [5.74, 6) is -0.597. The van der Waals surface area contributed by atoms with Crippen molar-refractivity contribution < 1.29 is 27.9 Å². The highest BCUT2D eigenvalue weighted by molar-refractivity contribution is 5.63. The Morgan fingerprint density at radius 1 is 1.37 bits per heavy atom. The van der Waals surface area contributed by atoms with Crippen molar-refractivity contribution in [1.29, 1.82) is 0 Å². The van der Waals surface area contributed by atoms with Crippen molar-refractivity contribution in [3.8, 4) is 11.5 Å². The third-order valence-corrected chi connectivity index (χ3v) is 9.64. The van der Waals surface area contributed by atoms with Crippen LogP contribution in [-0.2, 0) is 16.6 Å². The van der Waals surface area contributed by atoms with Gasteiger partial charge in [-0.3, -0.25) is 0 Å². The molecule has 3 saturated carbocycles. The van der Waals surface area contributed by atoms with Crippen LogP contribution >= 0.6 is 0 Å². The molecule has 6 aliphatic rings. The number of rotatable bonds is 4. The molecule has 2 N–H and O–H groups in total. The van der Waals surface area contributed by atoms with E-state index in [-0.39, 0.29) is 24.6 Å². The molecule has 4 bridgehead atoms. The number of piperidine rings is 1. The number of phenols is 1. The molecule has 2 aliphatic heterocycles. The molecule has 0 aromatic heterocycles. The molecule has 1 aromatic carbocycles. The van der Waals surface area contributed by atoms with Crippen molar-refractivity contribution in [3.05, 3.63) is 23.3 Å². The van der Waals surface area contributed by atoms with Gasteiger partial charge in [-0.25, -0.2) is 0 Å². The topological polar surface area (TPSA) is 62.2 Å². The number of aromatic hydroxyl groups is 1. The molecule has 1 saturated heterocycles. The molecule has 2 spiro atoms. The van der Waals surface area contributed by atoms with Crippen LogP contribution in [0.25, 0.3) is 0 Å². The third-order valence-electron chi connectivity index (χ3n) is 9.64. The first-order valence-corrected chi connectivity index (χ1v) is 11.3. The summed E-state index contributed by atoms with van der Waals surface area (Å²) in [6.45, 7) is -0.146. The van der Waals surface area contributed by atoms with E-state index in [0.29, 0.717) is 31.4 Å². The standard InChI is InChI=1S/C25H35NO4/c1-5-8-22(2,28)17-14-23-9-10-25(17,29-4)21-24(23)11-12-26(3)18(23)13-15-6-7-16(27)20(30-21)19(15)24/h6-7,17-18,21,27-28H,5,8-14H2,1-4H3/t17-,18-,21-,22?,23-,24+,25-/m1/s1/i2D3,4D3. The molecule has 2 heterocycles. The molecule has 30 heavy (non-hydrogen) atoms. The van der Waals surface area contributed by atoms with Gasteiger partial charge in [-0.2, -0.15) is 0 Å². The SMILES string of the molecule is [2H]C([2H])([2H])O[C@]12CC[C@@]3(C[C@@H]1C(O)(CCC)C([2H])([2H])[2H])[C@H]1Cc4ccc(O)c5c4[C@@]3(CCN1C)[C@H]2O5. The predicted molar refractivity (Wildman–Crippen MR) is 114 cm³/mol. The van der Waals surface area contributed by atoms with Crippen LogP contribution in [0.2, 0.25) is 0 Å². The average molecular weight is 420 g/mol. The Labute approximate surface area is 187 Å². The molecule has 4 fully saturated rings. The predicted octanol–water partition coefficient (Wildman–Crippen LogP) is 3.39. The summed E-state index contributed by atoms with van der Waals surface area (Å²) in [6.07, 6.45) is 2.28. The molecule has 5 heteroatoms. The normalized spacial score (nSPS) is 48.8. The molecular weight excluding hydrogens is 378 g/mol. The zero-order valence-corrected chi connectivity index (χ0v) is 17.7. The lowest BCUT2D eigenvalue weighted by Gasteiger charge is -2.74. The van der Waals surface area contributed by atoms with Gasteiger partial charge in [0.15, 0.2) is 11.5 Å². The van der Waals surface area contributed by atoms with Gasteiger partial charge in [0.05, 0.1) is 9.71 Å². The van der Waals surface area contributed by atoms with Gasteiger partial charge in [0, 0.05) is 39.5 Å². The summed E-state index contributed by atoms with van der Waals surface area (Å²) in [5, 5.41) is 22.9. The van der Waals surface area contributed by atoms with Gasteiger partial charge in [0.25, 0.3) is 0 Å². The lowest BCUT2D eigenvalue weighted by Crippen LogP contribution is -2.82. The summed E-state index contributed by atoms with van der Waals surface area (Å²) in [7, 11) is -0.730. The van der Waals surface area contributed by atoms with Crippen LogP contribution in [-0.4, -0.2) is 59.1 Å². The number of benzene rings is 1. The second kappa shape index (κ2) is 5.73. The van der Waals surface area contributed by atoms with Crippen LogP contribution in [0.3, 0.4) is 0 Å². The number of likely N-dealkylation sites (tertiary alicyclic amines) is 1. The van der Waals surface area contributed by atoms with Crippen LogP contribution in [0.4, 0.5) is 0 Å². The Balaban J connectivity index is 1.66. The largest absolute Gasteiger partial charge is 0.504 e.